The third-order valence-corrected chi connectivity index (χ3v) is 5.64. The monoisotopic (exact) mass is 420 g/mol. The van der Waals surface area contributed by atoms with Crippen LogP contribution in [0.15, 0.2) is 60.7 Å². The van der Waals surface area contributed by atoms with E-state index in [0.717, 1.165) is 15.9 Å². The van der Waals surface area contributed by atoms with Crippen LogP contribution in [0.25, 0.3) is 10.2 Å². The van der Waals surface area contributed by atoms with Crippen molar-refractivity contribution in [2.45, 2.75) is 6.92 Å². The normalized spacial score (nSPS) is 10.7. The number of thiophene rings is 1. The van der Waals surface area contributed by atoms with E-state index in [1.54, 1.807) is 41.1 Å². The summed E-state index contributed by atoms with van der Waals surface area (Å²) in [5, 5.41) is 11.0. The Labute approximate surface area is 177 Å². The number of aryl methyl sites for hydroxylation is 2. The minimum atomic E-state index is -0.259. The topological polar surface area (TPSA) is 85.2 Å². The molecule has 0 radical (unpaired) electrons. The minimum Gasteiger partial charge on any atom is -0.484 e. The maximum absolute atomic E-state index is 12.6. The molecule has 0 fully saturated rings. The number of benzene rings is 2. The van der Waals surface area contributed by atoms with Gasteiger partial charge in [-0.1, -0.05) is 24.3 Å². The summed E-state index contributed by atoms with van der Waals surface area (Å²) in [6.07, 6.45) is 0. The van der Waals surface area contributed by atoms with Crippen LogP contribution >= 0.6 is 11.3 Å². The first-order valence-electron chi connectivity index (χ1n) is 9.32. The van der Waals surface area contributed by atoms with Gasteiger partial charge in [0.15, 0.2) is 6.61 Å². The minimum absolute atomic E-state index is 0.130. The summed E-state index contributed by atoms with van der Waals surface area (Å²) in [7, 11) is 1.86. The van der Waals surface area contributed by atoms with Gasteiger partial charge in [-0.15, -0.1) is 11.3 Å². The van der Waals surface area contributed by atoms with E-state index in [1.807, 2.05) is 38.2 Å². The first kappa shape index (κ1) is 19.7. The van der Waals surface area contributed by atoms with Crippen molar-refractivity contribution in [2.75, 3.05) is 17.2 Å². The second kappa shape index (κ2) is 8.38. The maximum atomic E-state index is 12.6. The van der Waals surface area contributed by atoms with E-state index in [-0.39, 0.29) is 18.4 Å². The van der Waals surface area contributed by atoms with Crippen LogP contribution in [-0.2, 0) is 11.8 Å². The van der Waals surface area contributed by atoms with E-state index in [2.05, 4.69) is 15.7 Å². The molecule has 2 aromatic heterocycles. The van der Waals surface area contributed by atoms with Crippen LogP contribution in [0.1, 0.15) is 15.4 Å². The number of nitrogens with zero attached hydrogens (tertiary/aromatic N) is 2. The number of carbonyl (C=O) groups is 2. The highest BCUT2D eigenvalue weighted by Crippen LogP contribution is 2.28. The predicted octanol–water partition coefficient (Wildman–Crippen LogP) is 4.21. The molecular weight excluding hydrogens is 400 g/mol. The Morgan fingerprint density at radius 2 is 1.80 bits per heavy atom. The van der Waals surface area contributed by atoms with Gasteiger partial charge < -0.3 is 15.4 Å². The number of hydrogen-bond acceptors (Lipinski definition) is 5. The van der Waals surface area contributed by atoms with E-state index in [1.165, 1.54) is 11.3 Å². The fraction of sp³-hybridized carbons (Fsp3) is 0.136. The molecule has 0 saturated carbocycles. The number of para-hydroxylation sites is 1. The second-order valence-electron chi connectivity index (χ2n) is 6.72. The fourth-order valence-electron chi connectivity index (χ4n) is 3.04. The Bertz CT molecular complexity index is 1180. The molecule has 0 aliphatic rings. The Morgan fingerprint density at radius 3 is 2.57 bits per heavy atom. The Kier molecular flexibility index (Phi) is 5.49. The molecule has 2 heterocycles. The summed E-state index contributed by atoms with van der Waals surface area (Å²) in [4.78, 5) is 26.2. The van der Waals surface area contributed by atoms with Gasteiger partial charge in [0.05, 0.1) is 10.6 Å². The molecule has 4 aromatic rings. The van der Waals surface area contributed by atoms with Gasteiger partial charge in [0.25, 0.3) is 11.8 Å². The van der Waals surface area contributed by atoms with Crippen molar-refractivity contribution in [2.24, 2.45) is 7.05 Å². The Balaban J connectivity index is 1.38. The van der Waals surface area contributed by atoms with Gasteiger partial charge in [-0.25, -0.2) is 0 Å². The van der Waals surface area contributed by atoms with Gasteiger partial charge in [-0.05, 0) is 37.3 Å². The van der Waals surface area contributed by atoms with Crippen LogP contribution < -0.4 is 15.4 Å². The van der Waals surface area contributed by atoms with Crippen LogP contribution in [0.2, 0.25) is 0 Å². The van der Waals surface area contributed by atoms with E-state index >= 15 is 0 Å². The average molecular weight is 420 g/mol. The lowest BCUT2D eigenvalue weighted by molar-refractivity contribution is -0.118. The molecule has 8 heteroatoms. The Hall–Kier alpha value is -3.65. The SMILES string of the molecule is Cc1nn(C)c2sc(C(=O)Nc3cccc(OCC(=O)Nc4ccccc4)c3)cc12. The standard InChI is InChI=1S/C22H20N4O3S/c1-14-18-12-19(30-22(18)26(2)25-14)21(28)24-16-9-6-10-17(11-16)29-13-20(27)23-15-7-4-3-5-8-15/h3-12H,13H2,1-2H3,(H,23,27)(H,24,28). The first-order chi connectivity index (χ1) is 14.5. The number of carbonyl (C=O) groups excluding carboxylic acids is 2. The van der Waals surface area contributed by atoms with E-state index in [0.29, 0.717) is 22.0 Å². The fourth-order valence-corrected chi connectivity index (χ4v) is 4.06. The summed E-state index contributed by atoms with van der Waals surface area (Å²) >= 11 is 1.40. The molecule has 0 aliphatic heterocycles. The molecule has 152 valence electrons. The molecule has 7 nitrogen and oxygen atoms in total. The largest absolute Gasteiger partial charge is 0.484 e. The summed E-state index contributed by atoms with van der Waals surface area (Å²) in [5.41, 5.74) is 2.20. The van der Waals surface area contributed by atoms with Gasteiger partial charge in [0.2, 0.25) is 0 Å². The number of ether oxygens (including phenoxy) is 1. The van der Waals surface area contributed by atoms with Crippen LogP contribution in [0.4, 0.5) is 11.4 Å². The molecule has 0 atom stereocenters. The summed E-state index contributed by atoms with van der Waals surface area (Å²) < 4.78 is 7.34. The zero-order chi connectivity index (χ0) is 21.1. The van der Waals surface area contributed by atoms with Crippen molar-refractivity contribution in [3.05, 3.63) is 71.2 Å². The molecule has 2 N–H and O–H groups in total. The zero-order valence-corrected chi connectivity index (χ0v) is 17.3. The molecule has 0 bridgehead atoms. The Morgan fingerprint density at radius 1 is 1.03 bits per heavy atom. The molecular formula is C22H20N4O3S. The van der Waals surface area contributed by atoms with Crippen molar-refractivity contribution in [1.29, 1.82) is 0 Å². The number of anilines is 2. The van der Waals surface area contributed by atoms with Crippen molar-refractivity contribution in [1.82, 2.24) is 9.78 Å². The smallest absolute Gasteiger partial charge is 0.265 e. The van der Waals surface area contributed by atoms with Crippen LogP contribution in [0.3, 0.4) is 0 Å². The lowest BCUT2D eigenvalue weighted by Crippen LogP contribution is -2.20. The highest BCUT2D eigenvalue weighted by atomic mass is 32.1. The van der Waals surface area contributed by atoms with Gasteiger partial charge in [-0.3, -0.25) is 14.3 Å². The number of rotatable bonds is 6. The highest BCUT2D eigenvalue weighted by molar-refractivity contribution is 7.20. The van der Waals surface area contributed by atoms with E-state index < -0.39 is 0 Å². The molecule has 0 spiro atoms. The van der Waals surface area contributed by atoms with Gasteiger partial charge in [0, 0.05) is 29.9 Å². The van der Waals surface area contributed by atoms with Gasteiger partial charge >= 0.3 is 0 Å². The van der Waals surface area contributed by atoms with Crippen molar-refractivity contribution in [3.8, 4) is 5.75 Å². The zero-order valence-electron chi connectivity index (χ0n) is 16.5. The van der Waals surface area contributed by atoms with Gasteiger partial charge in [-0.2, -0.15) is 5.10 Å². The molecule has 0 saturated heterocycles. The summed E-state index contributed by atoms with van der Waals surface area (Å²) in [6, 6.07) is 18.0. The number of nitrogens with one attached hydrogen (secondary N) is 2. The third kappa shape index (κ3) is 4.33. The number of fused-ring (bicyclic) bond motifs is 1. The summed E-state index contributed by atoms with van der Waals surface area (Å²) in [6.45, 7) is 1.79. The molecule has 4 rings (SSSR count). The molecule has 30 heavy (non-hydrogen) atoms. The number of aromatic nitrogens is 2. The number of hydrogen-bond donors (Lipinski definition) is 2. The van der Waals surface area contributed by atoms with Crippen molar-refractivity contribution < 1.29 is 14.3 Å². The van der Waals surface area contributed by atoms with Crippen LogP contribution in [0, 0.1) is 6.92 Å². The summed E-state index contributed by atoms with van der Waals surface area (Å²) in [5.74, 6) is 0.0341. The molecule has 0 unspecified atom stereocenters. The van der Waals surface area contributed by atoms with Crippen LogP contribution in [0.5, 0.6) is 5.75 Å². The second-order valence-corrected chi connectivity index (χ2v) is 7.75. The lowest BCUT2D eigenvalue weighted by Gasteiger charge is -2.09. The predicted molar refractivity (Wildman–Crippen MR) is 118 cm³/mol. The van der Waals surface area contributed by atoms with E-state index in [9.17, 15) is 9.59 Å². The third-order valence-electron chi connectivity index (χ3n) is 4.44. The highest BCUT2D eigenvalue weighted by Gasteiger charge is 2.15. The van der Waals surface area contributed by atoms with Crippen molar-refractivity contribution >= 4 is 44.7 Å². The average Bonchev–Trinajstić information content (AvgIpc) is 3.29. The van der Waals surface area contributed by atoms with Crippen molar-refractivity contribution in [3.63, 3.8) is 0 Å². The van der Waals surface area contributed by atoms with Crippen LogP contribution in [-0.4, -0.2) is 28.2 Å². The van der Waals surface area contributed by atoms with Gasteiger partial charge in [0.1, 0.15) is 10.6 Å². The molecule has 0 aliphatic carbocycles. The quantitative estimate of drug-likeness (QED) is 0.489. The lowest BCUT2D eigenvalue weighted by atomic mass is 10.2. The molecule has 2 amide bonds. The maximum Gasteiger partial charge on any atom is 0.265 e. The molecule has 2 aromatic carbocycles. The first-order valence-corrected chi connectivity index (χ1v) is 10.1. The number of amides is 2. The van der Waals surface area contributed by atoms with E-state index in [4.69, 9.17) is 4.74 Å².